The molecular weight excluding hydrogens is 121 g/mol. The molecule has 0 saturated carbocycles. The van der Waals surface area contributed by atoms with E-state index >= 15 is 0 Å². The molecule has 0 aliphatic heterocycles. The van der Waals surface area contributed by atoms with Gasteiger partial charge in [0.05, 0.1) is 12.3 Å². The van der Waals surface area contributed by atoms with Crippen LogP contribution in [-0.4, -0.2) is 10.1 Å². The molecule has 0 unspecified atom stereocenters. The molecule has 0 amide bonds. The molecule has 1 rings (SSSR count). The van der Waals surface area contributed by atoms with Gasteiger partial charge in [-0.2, -0.15) is 4.39 Å². The first-order valence-electron chi connectivity index (χ1n) is 2.47. The van der Waals surface area contributed by atoms with Gasteiger partial charge in [0, 0.05) is 6.07 Å². The van der Waals surface area contributed by atoms with Crippen molar-refractivity contribution in [3.8, 4) is 0 Å². The van der Waals surface area contributed by atoms with E-state index in [1.807, 2.05) is 0 Å². The van der Waals surface area contributed by atoms with E-state index in [4.69, 9.17) is 5.11 Å². The molecule has 9 heavy (non-hydrogen) atoms. The summed E-state index contributed by atoms with van der Waals surface area (Å²) < 4.78 is 12.1. The van der Waals surface area contributed by atoms with Crippen LogP contribution in [0.5, 0.6) is 0 Å². The largest absolute Gasteiger partial charge is 0.390 e. The zero-order valence-electron chi connectivity index (χ0n) is 4.63. The van der Waals surface area contributed by atoms with Gasteiger partial charge in [-0.3, -0.25) is 0 Å². The van der Waals surface area contributed by atoms with E-state index in [-0.39, 0.29) is 6.61 Å². The Labute approximate surface area is 52.0 Å². The fourth-order valence-corrected chi connectivity index (χ4v) is 0.490. The Balaban J connectivity index is 2.94. The van der Waals surface area contributed by atoms with Crippen LogP contribution in [-0.2, 0) is 6.61 Å². The minimum absolute atomic E-state index is 0.231. The maximum atomic E-state index is 12.1. The van der Waals surface area contributed by atoms with Crippen LogP contribution < -0.4 is 0 Å². The van der Waals surface area contributed by atoms with Crippen molar-refractivity contribution in [1.29, 1.82) is 0 Å². The summed E-state index contributed by atoms with van der Waals surface area (Å²) in [5.41, 5.74) is 0.325. The summed E-state index contributed by atoms with van der Waals surface area (Å²) in [6.45, 7) is -0.231. The van der Waals surface area contributed by atoms with E-state index in [1.165, 1.54) is 12.1 Å². The van der Waals surface area contributed by atoms with E-state index in [0.717, 1.165) is 0 Å². The second kappa shape index (κ2) is 2.55. The lowest BCUT2D eigenvalue weighted by molar-refractivity contribution is 0.275. The molecule has 0 aliphatic carbocycles. The van der Waals surface area contributed by atoms with Crippen LogP contribution in [0.4, 0.5) is 4.39 Å². The molecule has 1 N–H and O–H groups in total. The number of aliphatic hydroxyl groups is 1. The Bertz CT molecular complexity index is 202. The average molecular weight is 126 g/mol. The van der Waals surface area contributed by atoms with Crippen LogP contribution in [0.25, 0.3) is 0 Å². The zero-order valence-corrected chi connectivity index (χ0v) is 4.63. The molecule has 0 aromatic carbocycles. The molecular formula is C6H5FNO. The number of aliphatic hydroxyl groups excluding tert-OH is 1. The lowest BCUT2D eigenvalue weighted by Crippen LogP contribution is -1.90. The van der Waals surface area contributed by atoms with E-state index in [9.17, 15) is 4.39 Å². The molecule has 0 bridgehead atoms. The number of nitrogens with zero attached hydrogens (tertiary/aromatic N) is 1. The number of rotatable bonds is 1. The molecule has 2 nitrogen and oxygen atoms in total. The van der Waals surface area contributed by atoms with Gasteiger partial charge in [0.2, 0.25) is 5.95 Å². The summed E-state index contributed by atoms with van der Waals surface area (Å²) in [7, 11) is 0. The van der Waals surface area contributed by atoms with Crippen molar-refractivity contribution < 1.29 is 9.50 Å². The molecule has 0 saturated heterocycles. The molecule has 47 valence electrons. The highest BCUT2D eigenvalue weighted by molar-refractivity contribution is 5.01. The summed E-state index contributed by atoms with van der Waals surface area (Å²) in [6, 6.07) is 5.10. The van der Waals surface area contributed by atoms with E-state index in [0.29, 0.717) is 5.69 Å². The van der Waals surface area contributed by atoms with Gasteiger partial charge in [-0.15, -0.1) is 0 Å². The normalized spacial score (nSPS) is 9.56. The number of hydrogen-bond acceptors (Lipinski definition) is 2. The maximum absolute atomic E-state index is 12.1. The average Bonchev–Trinajstić information content (AvgIpc) is 1.88. The molecule has 1 aromatic heterocycles. The van der Waals surface area contributed by atoms with Crippen LogP contribution in [0.1, 0.15) is 5.69 Å². The van der Waals surface area contributed by atoms with Gasteiger partial charge in [0.25, 0.3) is 0 Å². The van der Waals surface area contributed by atoms with Crippen molar-refractivity contribution in [3.63, 3.8) is 0 Å². The van der Waals surface area contributed by atoms with Crippen LogP contribution in [0.15, 0.2) is 12.1 Å². The van der Waals surface area contributed by atoms with E-state index in [2.05, 4.69) is 11.1 Å². The van der Waals surface area contributed by atoms with Crippen LogP contribution in [0.3, 0.4) is 0 Å². The summed E-state index contributed by atoms with van der Waals surface area (Å²) in [6.07, 6.45) is 0. The van der Waals surface area contributed by atoms with Gasteiger partial charge >= 0.3 is 0 Å². The summed E-state index contributed by atoms with van der Waals surface area (Å²) in [5.74, 6) is -0.679. The van der Waals surface area contributed by atoms with Gasteiger partial charge in [-0.05, 0) is 12.1 Å². The van der Waals surface area contributed by atoms with Crippen LogP contribution >= 0.6 is 0 Å². The van der Waals surface area contributed by atoms with Crippen molar-refractivity contribution in [1.82, 2.24) is 4.98 Å². The highest BCUT2D eigenvalue weighted by atomic mass is 19.1. The molecule has 1 radical (unpaired) electrons. The fraction of sp³-hybridized carbons (Fsp3) is 0.167. The minimum Gasteiger partial charge on any atom is -0.390 e. The molecule has 1 aromatic rings. The second-order valence-electron chi connectivity index (χ2n) is 1.53. The van der Waals surface area contributed by atoms with Crippen LogP contribution in [0, 0.1) is 12.0 Å². The molecule has 0 aliphatic rings. The van der Waals surface area contributed by atoms with Crippen molar-refractivity contribution in [2.75, 3.05) is 0 Å². The quantitative estimate of drug-likeness (QED) is 0.556. The van der Waals surface area contributed by atoms with Gasteiger partial charge < -0.3 is 5.11 Å². The Hall–Kier alpha value is -0.960. The Kier molecular flexibility index (Phi) is 1.75. The highest BCUT2D eigenvalue weighted by Gasteiger charge is 1.92. The lowest BCUT2D eigenvalue weighted by Gasteiger charge is -1.90. The smallest absolute Gasteiger partial charge is 0.221 e. The third-order valence-corrected chi connectivity index (χ3v) is 0.882. The van der Waals surface area contributed by atoms with Gasteiger partial charge in [0.1, 0.15) is 0 Å². The fourth-order valence-electron chi connectivity index (χ4n) is 0.490. The summed E-state index contributed by atoms with van der Waals surface area (Å²) in [4.78, 5) is 3.32. The van der Waals surface area contributed by atoms with Crippen LogP contribution in [0.2, 0.25) is 0 Å². The summed E-state index contributed by atoms with van der Waals surface area (Å²) >= 11 is 0. The highest BCUT2D eigenvalue weighted by Crippen LogP contribution is 1.94. The summed E-state index contributed by atoms with van der Waals surface area (Å²) in [5, 5.41) is 8.42. The predicted octanol–water partition coefficient (Wildman–Crippen LogP) is 0.513. The van der Waals surface area contributed by atoms with Crippen molar-refractivity contribution in [2.45, 2.75) is 6.61 Å². The molecule has 0 fully saturated rings. The van der Waals surface area contributed by atoms with E-state index < -0.39 is 5.95 Å². The SMILES string of the molecule is OCc1cc[c]c(F)n1. The molecule has 0 spiro atoms. The monoisotopic (exact) mass is 126 g/mol. The second-order valence-corrected chi connectivity index (χ2v) is 1.53. The van der Waals surface area contributed by atoms with Gasteiger partial charge in [-0.25, -0.2) is 4.98 Å². The third kappa shape index (κ3) is 1.47. The number of halogens is 1. The Morgan fingerprint density at radius 1 is 1.78 bits per heavy atom. The first kappa shape index (κ1) is 6.16. The number of pyridine rings is 1. The molecule has 1 heterocycles. The third-order valence-electron chi connectivity index (χ3n) is 0.882. The first-order chi connectivity index (χ1) is 4.33. The van der Waals surface area contributed by atoms with Gasteiger partial charge in [0.15, 0.2) is 0 Å². The predicted molar refractivity (Wildman–Crippen MR) is 29.0 cm³/mol. The lowest BCUT2D eigenvalue weighted by atomic mass is 10.4. The molecule has 3 heteroatoms. The van der Waals surface area contributed by atoms with Crippen molar-refractivity contribution >= 4 is 0 Å². The Morgan fingerprint density at radius 2 is 2.56 bits per heavy atom. The zero-order chi connectivity index (χ0) is 6.69. The minimum atomic E-state index is -0.679. The topological polar surface area (TPSA) is 33.1 Å². The standard InChI is InChI=1S/C6H5FNO/c7-6-3-1-2-5(4-9)8-6/h1-2,9H,4H2. The van der Waals surface area contributed by atoms with E-state index in [1.54, 1.807) is 0 Å². The van der Waals surface area contributed by atoms with Crippen molar-refractivity contribution in [3.05, 3.63) is 29.8 Å². The van der Waals surface area contributed by atoms with Gasteiger partial charge in [-0.1, -0.05) is 0 Å². The number of aromatic nitrogens is 1. The molecule has 0 atom stereocenters. The number of hydrogen-bond donors (Lipinski definition) is 1. The Morgan fingerprint density at radius 3 is 3.00 bits per heavy atom. The van der Waals surface area contributed by atoms with Crippen molar-refractivity contribution in [2.24, 2.45) is 0 Å². The maximum Gasteiger partial charge on any atom is 0.221 e. The first-order valence-corrected chi connectivity index (χ1v) is 2.47.